The Morgan fingerprint density at radius 3 is 2.50 bits per heavy atom. The Morgan fingerprint density at radius 2 is 1.88 bits per heavy atom. The fourth-order valence-corrected chi connectivity index (χ4v) is 3.20. The molecular weight excluding hydrogens is 443 g/mol. The lowest BCUT2D eigenvalue weighted by atomic mass is 10.2. The van der Waals surface area contributed by atoms with Gasteiger partial charge in [-0.25, -0.2) is 0 Å². The summed E-state index contributed by atoms with van der Waals surface area (Å²) in [6.45, 7) is 4.64. The predicted molar refractivity (Wildman–Crippen MR) is 119 cm³/mol. The van der Waals surface area contributed by atoms with Crippen molar-refractivity contribution in [3.8, 4) is 11.5 Å². The van der Waals surface area contributed by atoms with Crippen LogP contribution in [0.15, 0.2) is 23.2 Å². The molecule has 1 aliphatic carbocycles. The average molecular weight is 476 g/mol. The second kappa shape index (κ2) is 12.2. The molecule has 0 aromatic heterocycles. The summed E-state index contributed by atoms with van der Waals surface area (Å²) in [4.78, 5) is 7.14. The molecule has 1 fully saturated rings. The molecule has 0 atom stereocenters. The van der Waals surface area contributed by atoms with Crippen molar-refractivity contribution in [1.82, 2.24) is 10.2 Å². The number of nitrogens with zero attached hydrogens (tertiary/aromatic N) is 2. The van der Waals surface area contributed by atoms with Crippen molar-refractivity contribution in [2.75, 3.05) is 46.2 Å². The summed E-state index contributed by atoms with van der Waals surface area (Å²) in [6.07, 6.45) is 5.37. The number of likely N-dealkylation sites (N-methyl/N-ethyl adjacent to an activating group) is 1. The molecule has 1 saturated carbocycles. The third-order valence-corrected chi connectivity index (χ3v) is 4.66. The van der Waals surface area contributed by atoms with E-state index in [1.165, 1.54) is 25.7 Å². The zero-order valence-electron chi connectivity index (χ0n) is 16.4. The lowest BCUT2D eigenvalue weighted by molar-refractivity contribution is 0.252. The van der Waals surface area contributed by atoms with Crippen LogP contribution in [-0.4, -0.2) is 57.8 Å². The van der Waals surface area contributed by atoms with Gasteiger partial charge < -0.3 is 25.0 Å². The minimum Gasteiger partial charge on any atom is -0.493 e. The van der Waals surface area contributed by atoms with Crippen LogP contribution in [0.2, 0.25) is 0 Å². The van der Waals surface area contributed by atoms with E-state index in [1.54, 1.807) is 14.2 Å². The molecule has 1 aromatic rings. The van der Waals surface area contributed by atoms with Gasteiger partial charge in [0.15, 0.2) is 17.5 Å². The number of aliphatic imine (C=N–C) groups is 1. The van der Waals surface area contributed by atoms with Crippen LogP contribution >= 0.6 is 24.0 Å². The fourth-order valence-electron chi connectivity index (χ4n) is 3.20. The van der Waals surface area contributed by atoms with Crippen molar-refractivity contribution in [3.05, 3.63) is 18.2 Å². The molecule has 7 heteroatoms. The highest BCUT2D eigenvalue weighted by Crippen LogP contribution is 2.29. The van der Waals surface area contributed by atoms with Gasteiger partial charge in [-0.15, -0.1) is 24.0 Å². The topological polar surface area (TPSA) is 58.1 Å². The minimum absolute atomic E-state index is 0. The van der Waals surface area contributed by atoms with Crippen LogP contribution in [0.5, 0.6) is 11.5 Å². The maximum Gasteiger partial charge on any atom is 0.195 e. The SMILES string of the molecule is CCNC(=NCCN(C)C1CCCC1)Nc1ccc(OC)c(OC)c1.I. The number of rotatable bonds is 8. The Bertz CT molecular complexity index is 562. The van der Waals surface area contributed by atoms with E-state index in [0.29, 0.717) is 11.5 Å². The van der Waals surface area contributed by atoms with Crippen LogP contribution in [-0.2, 0) is 0 Å². The number of ether oxygens (including phenoxy) is 2. The number of guanidine groups is 1. The van der Waals surface area contributed by atoms with Gasteiger partial charge in [-0.05, 0) is 38.9 Å². The number of halogens is 1. The van der Waals surface area contributed by atoms with Crippen LogP contribution in [0.3, 0.4) is 0 Å². The molecule has 148 valence electrons. The molecule has 0 saturated heterocycles. The van der Waals surface area contributed by atoms with Crippen molar-refractivity contribution in [2.45, 2.75) is 38.6 Å². The molecule has 0 spiro atoms. The van der Waals surface area contributed by atoms with E-state index in [1.807, 2.05) is 18.2 Å². The maximum atomic E-state index is 5.36. The molecule has 0 bridgehead atoms. The van der Waals surface area contributed by atoms with Crippen molar-refractivity contribution in [1.29, 1.82) is 0 Å². The van der Waals surface area contributed by atoms with E-state index < -0.39 is 0 Å². The largest absolute Gasteiger partial charge is 0.493 e. The first-order chi connectivity index (χ1) is 12.2. The van der Waals surface area contributed by atoms with Gasteiger partial charge in [-0.3, -0.25) is 4.99 Å². The molecule has 0 radical (unpaired) electrons. The number of nitrogens with one attached hydrogen (secondary N) is 2. The van der Waals surface area contributed by atoms with E-state index in [2.05, 4.69) is 29.5 Å². The Morgan fingerprint density at radius 1 is 1.19 bits per heavy atom. The first kappa shape index (κ1) is 22.8. The molecule has 0 amide bonds. The standard InChI is InChI=1S/C19H32N4O2.HI/c1-5-20-19(21-12-13-23(2)16-8-6-7-9-16)22-15-10-11-17(24-3)18(14-15)25-4;/h10-11,14,16H,5-9,12-13H2,1-4H3,(H2,20,21,22);1H. The van der Waals surface area contributed by atoms with Crippen LogP contribution < -0.4 is 20.1 Å². The monoisotopic (exact) mass is 476 g/mol. The Labute approximate surface area is 174 Å². The zero-order chi connectivity index (χ0) is 18.1. The molecule has 2 rings (SSSR count). The summed E-state index contributed by atoms with van der Waals surface area (Å²) in [5.41, 5.74) is 0.918. The molecule has 0 heterocycles. The Balaban J connectivity index is 0.00000338. The second-order valence-electron chi connectivity index (χ2n) is 6.37. The van der Waals surface area contributed by atoms with Gasteiger partial charge in [0.05, 0.1) is 20.8 Å². The van der Waals surface area contributed by atoms with Gasteiger partial charge in [0.1, 0.15) is 0 Å². The second-order valence-corrected chi connectivity index (χ2v) is 6.37. The molecular formula is C19H33IN4O2. The van der Waals surface area contributed by atoms with Crippen LogP contribution in [0.1, 0.15) is 32.6 Å². The van der Waals surface area contributed by atoms with Crippen molar-refractivity contribution in [2.24, 2.45) is 4.99 Å². The Kier molecular flexibility index (Phi) is 10.7. The number of methoxy groups -OCH3 is 2. The predicted octanol–water partition coefficient (Wildman–Crippen LogP) is 3.57. The molecule has 0 unspecified atom stereocenters. The fraction of sp³-hybridized carbons (Fsp3) is 0.632. The first-order valence-electron chi connectivity index (χ1n) is 9.15. The lowest BCUT2D eigenvalue weighted by Crippen LogP contribution is -2.34. The van der Waals surface area contributed by atoms with E-state index in [9.17, 15) is 0 Å². The minimum atomic E-state index is 0. The first-order valence-corrected chi connectivity index (χ1v) is 9.15. The smallest absolute Gasteiger partial charge is 0.195 e. The quantitative estimate of drug-likeness (QED) is 0.342. The van der Waals surface area contributed by atoms with Crippen LogP contribution in [0, 0.1) is 0 Å². The zero-order valence-corrected chi connectivity index (χ0v) is 18.7. The number of benzene rings is 1. The van der Waals surface area contributed by atoms with Gasteiger partial charge in [-0.2, -0.15) is 0 Å². The maximum absolute atomic E-state index is 5.36. The van der Waals surface area contributed by atoms with Gasteiger partial charge >= 0.3 is 0 Å². The number of hydrogen-bond donors (Lipinski definition) is 2. The number of hydrogen-bond acceptors (Lipinski definition) is 4. The Hall–Kier alpha value is -1.22. The van der Waals surface area contributed by atoms with E-state index >= 15 is 0 Å². The average Bonchev–Trinajstić information content (AvgIpc) is 3.16. The van der Waals surface area contributed by atoms with Crippen molar-refractivity contribution < 1.29 is 9.47 Å². The lowest BCUT2D eigenvalue weighted by Gasteiger charge is -2.23. The van der Waals surface area contributed by atoms with Crippen molar-refractivity contribution in [3.63, 3.8) is 0 Å². The molecule has 1 aromatic carbocycles. The summed E-state index contributed by atoms with van der Waals surface area (Å²) < 4.78 is 10.6. The highest BCUT2D eigenvalue weighted by atomic mass is 127. The number of anilines is 1. The summed E-state index contributed by atoms with van der Waals surface area (Å²) in [5.74, 6) is 2.20. The third-order valence-electron chi connectivity index (χ3n) is 4.66. The van der Waals surface area contributed by atoms with E-state index in [4.69, 9.17) is 14.5 Å². The van der Waals surface area contributed by atoms with Crippen LogP contribution in [0.25, 0.3) is 0 Å². The van der Waals surface area contributed by atoms with Gasteiger partial charge in [0, 0.05) is 30.9 Å². The summed E-state index contributed by atoms with van der Waals surface area (Å²) in [5, 5.41) is 6.62. The van der Waals surface area contributed by atoms with Crippen LogP contribution in [0.4, 0.5) is 5.69 Å². The van der Waals surface area contributed by atoms with Gasteiger partial charge in [-0.1, -0.05) is 12.8 Å². The highest BCUT2D eigenvalue weighted by Gasteiger charge is 2.18. The molecule has 0 aliphatic heterocycles. The molecule has 2 N–H and O–H groups in total. The normalized spacial score (nSPS) is 14.9. The summed E-state index contributed by atoms with van der Waals surface area (Å²) in [7, 11) is 5.48. The van der Waals surface area contributed by atoms with Gasteiger partial charge in [0.2, 0.25) is 0 Å². The summed E-state index contributed by atoms with van der Waals surface area (Å²) >= 11 is 0. The molecule has 1 aliphatic rings. The van der Waals surface area contributed by atoms with E-state index in [0.717, 1.165) is 37.3 Å². The van der Waals surface area contributed by atoms with E-state index in [-0.39, 0.29) is 24.0 Å². The third kappa shape index (κ3) is 6.83. The molecule has 6 nitrogen and oxygen atoms in total. The summed E-state index contributed by atoms with van der Waals surface area (Å²) in [6, 6.07) is 6.49. The molecule has 26 heavy (non-hydrogen) atoms. The highest BCUT2D eigenvalue weighted by molar-refractivity contribution is 14.0. The van der Waals surface area contributed by atoms with Gasteiger partial charge in [0.25, 0.3) is 0 Å². The van der Waals surface area contributed by atoms with Crippen molar-refractivity contribution >= 4 is 35.6 Å².